The average Bonchev–Trinajstić information content (AvgIpc) is 2.96. The molecule has 0 aliphatic heterocycles. The second-order valence-corrected chi connectivity index (χ2v) is 10.1. The van der Waals surface area contributed by atoms with Gasteiger partial charge in [0.1, 0.15) is 11.5 Å². The highest BCUT2D eigenvalue weighted by Crippen LogP contribution is 2.35. The minimum atomic E-state index is -2.85. The van der Waals surface area contributed by atoms with E-state index < -0.39 is 32.7 Å². The number of halogens is 2. The molecule has 0 fully saturated rings. The summed E-state index contributed by atoms with van der Waals surface area (Å²) in [6.07, 6.45) is 1.30. The lowest BCUT2D eigenvalue weighted by Gasteiger charge is -2.18. The van der Waals surface area contributed by atoms with Crippen LogP contribution in [0.2, 0.25) is 0 Å². The van der Waals surface area contributed by atoms with Crippen LogP contribution in [0.25, 0.3) is 11.0 Å². The molecule has 1 aromatic carbocycles. The maximum absolute atomic E-state index is 15.4. The number of carbonyl (C=O) groups excluding carboxylic acids is 1. The number of hydrogen-bond acceptors (Lipinski definition) is 3. The molecule has 0 aliphatic carbocycles. The van der Waals surface area contributed by atoms with E-state index in [-0.39, 0.29) is 22.4 Å². The van der Waals surface area contributed by atoms with Crippen LogP contribution >= 0.6 is 0 Å². The number of nitrogens with one attached hydrogen (secondary N) is 2. The van der Waals surface area contributed by atoms with Gasteiger partial charge in [0.2, 0.25) is 5.78 Å². The Hall–Kier alpha value is -2.74. The Kier molecular flexibility index (Phi) is 5.27. The van der Waals surface area contributed by atoms with Gasteiger partial charge in [-0.2, -0.15) is 0 Å². The van der Waals surface area contributed by atoms with Gasteiger partial charge in [0.05, 0.1) is 16.8 Å². The van der Waals surface area contributed by atoms with Gasteiger partial charge in [-0.15, -0.1) is 0 Å². The summed E-state index contributed by atoms with van der Waals surface area (Å²) in [5, 5.41) is 0.545. The summed E-state index contributed by atoms with van der Waals surface area (Å²) in [4.78, 5) is 21.0. The number of aromatic nitrogens is 2. The zero-order valence-corrected chi connectivity index (χ0v) is 19.0. The molecule has 8 heteroatoms. The van der Waals surface area contributed by atoms with E-state index in [2.05, 4.69) is 20.6 Å². The van der Waals surface area contributed by atoms with Crippen LogP contribution in [0.4, 0.5) is 14.5 Å². The first kappa shape index (κ1) is 22.0. The summed E-state index contributed by atoms with van der Waals surface area (Å²) in [5.41, 5.74) is 3.15. The van der Waals surface area contributed by atoms with Crippen LogP contribution in [0.1, 0.15) is 49.6 Å². The van der Waals surface area contributed by atoms with E-state index in [0.29, 0.717) is 16.7 Å². The number of hydrogen-bond donors (Lipinski definition) is 2. The normalized spacial score (nSPS) is 13.5. The fourth-order valence-corrected chi connectivity index (χ4v) is 4.31. The third-order valence-electron chi connectivity index (χ3n) is 5.62. The fourth-order valence-electron chi connectivity index (χ4n) is 3.64. The van der Waals surface area contributed by atoms with Gasteiger partial charge < -0.3 is 9.71 Å². The van der Waals surface area contributed by atoms with Crippen LogP contribution in [0, 0.1) is 53.2 Å². The number of rotatable bonds is 4. The van der Waals surface area contributed by atoms with Crippen molar-refractivity contribution in [3.8, 4) is 0 Å². The van der Waals surface area contributed by atoms with Crippen LogP contribution < -0.4 is 4.72 Å². The van der Waals surface area contributed by atoms with Crippen LogP contribution in [0.5, 0.6) is 0 Å². The van der Waals surface area contributed by atoms with Gasteiger partial charge in [-0.25, -0.2) is 18.0 Å². The molecular formula is C22H25F2N3O2S. The van der Waals surface area contributed by atoms with Crippen LogP contribution in [-0.4, -0.2) is 32.1 Å². The second kappa shape index (κ2) is 7.19. The molecule has 2 N–H and O–H groups in total. The van der Waals surface area contributed by atoms with E-state index in [9.17, 15) is 9.00 Å². The van der Waals surface area contributed by atoms with Crippen LogP contribution in [0.3, 0.4) is 0 Å². The molecule has 160 valence electrons. The minimum absolute atomic E-state index is 0.102. The first-order valence-corrected chi connectivity index (χ1v) is 11.5. The van der Waals surface area contributed by atoms with E-state index >= 15 is 8.78 Å². The summed E-state index contributed by atoms with van der Waals surface area (Å²) in [7, 11) is -2.85. The highest BCUT2D eigenvalue weighted by atomic mass is 32.2. The molecule has 3 aromatic rings. The predicted molar refractivity (Wildman–Crippen MR) is 119 cm³/mol. The molecule has 0 aliphatic rings. The van der Waals surface area contributed by atoms with Crippen molar-refractivity contribution in [3.05, 3.63) is 56.4 Å². The number of carbonyl (C=O) groups is 1. The summed E-state index contributed by atoms with van der Waals surface area (Å²) in [5.74, 6) is 0.659. The topological polar surface area (TPSA) is 74.8 Å². The SMILES string of the molecule is C=S(C)(=O)Nc1c(C)c(C)c(F)c(C(=O)c2c(C)[nH]c3nc(C)c(C)c(C)c23)c1F. The number of aromatic amines is 1. The lowest BCUT2D eigenvalue weighted by atomic mass is 9.93. The van der Waals surface area contributed by atoms with E-state index in [0.717, 1.165) is 16.8 Å². The number of nitrogens with zero attached hydrogens (tertiary/aromatic N) is 1. The molecule has 0 saturated heterocycles. The summed E-state index contributed by atoms with van der Waals surface area (Å²) in [6, 6.07) is 0. The highest BCUT2D eigenvalue weighted by molar-refractivity contribution is 8.00. The van der Waals surface area contributed by atoms with Gasteiger partial charge in [0.15, 0.2) is 5.82 Å². The molecular weight excluding hydrogens is 408 g/mol. The Morgan fingerprint density at radius 3 is 2.13 bits per heavy atom. The lowest BCUT2D eigenvalue weighted by molar-refractivity contribution is 0.103. The standard InChI is InChI=1S/C22H25F2N3O2S/c1-9-10(2)15-16(14(6)26-22(15)25-13(9)5)21(28)17-18(23)11(3)12(4)20(19(17)24)27-30(7,8)29/h7H2,1-6,8H3,(H,25,26)(H,27,29). The van der Waals surface area contributed by atoms with Gasteiger partial charge in [0.25, 0.3) is 0 Å². The molecule has 0 bridgehead atoms. The highest BCUT2D eigenvalue weighted by Gasteiger charge is 2.30. The fraction of sp³-hybridized carbons (Fsp3) is 0.318. The number of anilines is 1. The zero-order valence-electron chi connectivity index (χ0n) is 18.1. The largest absolute Gasteiger partial charge is 0.343 e. The number of benzene rings is 1. The summed E-state index contributed by atoms with van der Waals surface area (Å²) >= 11 is 0. The van der Waals surface area contributed by atoms with Crippen molar-refractivity contribution >= 4 is 38.1 Å². The lowest BCUT2D eigenvalue weighted by Crippen LogP contribution is -2.18. The molecule has 0 spiro atoms. The number of ketones is 1. The Labute approximate surface area is 175 Å². The molecule has 1 unspecified atom stereocenters. The molecule has 2 aromatic heterocycles. The molecule has 3 rings (SSSR count). The monoisotopic (exact) mass is 433 g/mol. The molecule has 2 heterocycles. The summed E-state index contributed by atoms with van der Waals surface area (Å²) < 4.78 is 45.2. The maximum Gasteiger partial charge on any atom is 0.201 e. The Morgan fingerprint density at radius 1 is 0.967 bits per heavy atom. The third-order valence-corrected chi connectivity index (χ3v) is 6.26. The number of H-pyrrole nitrogens is 1. The van der Waals surface area contributed by atoms with E-state index in [4.69, 9.17) is 0 Å². The van der Waals surface area contributed by atoms with Crippen molar-refractivity contribution in [2.75, 3.05) is 11.0 Å². The van der Waals surface area contributed by atoms with Gasteiger partial charge in [-0.1, -0.05) is 0 Å². The predicted octanol–water partition coefficient (Wildman–Crippen LogP) is 4.60. The summed E-state index contributed by atoms with van der Waals surface area (Å²) in [6.45, 7) is 10.2. The molecule has 5 nitrogen and oxygen atoms in total. The zero-order chi connectivity index (χ0) is 22.7. The average molecular weight is 434 g/mol. The maximum atomic E-state index is 15.4. The van der Waals surface area contributed by atoms with E-state index in [1.807, 2.05) is 20.8 Å². The molecule has 1 atom stereocenters. The molecule has 0 saturated carbocycles. The second-order valence-electron chi connectivity index (χ2n) is 7.86. The van der Waals surface area contributed by atoms with Crippen molar-refractivity contribution in [2.45, 2.75) is 41.5 Å². The van der Waals surface area contributed by atoms with Gasteiger partial charge in [0, 0.05) is 32.7 Å². The smallest absolute Gasteiger partial charge is 0.201 e. The molecule has 30 heavy (non-hydrogen) atoms. The Bertz CT molecular complexity index is 1340. The van der Waals surface area contributed by atoms with Crippen LogP contribution in [0.15, 0.2) is 0 Å². The molecule has 0 amide bonds. The number of aryl methyl sites for hydroxylation is 3. The third kappa shape index (κ3) is 3.39. The van der Waals surface area contributed by atoms with Crippen molar-refractivity contribution in [3.63, 3.8) is 0 Å². The van der Waals surface area contributed by atoms with Gasteiger partial charge in [-0.05, 0) is 69.7 Å². The van der Waals surface area contributed by atoms with E-state index in [1.165, 1.54) is 20.1 Å². The quantitative estimate of drug-likeness (QED) is 0.467. The van der Waals surface area contributed by atoms with Crippen molar-refractivity contribution in [2.24, 2.45) is 0 Å². The number of pyridine rings is 1. The van der Waals surface area contributed by atoms with Crippen LogP contribution in [-0.2, 0) is 9.71 Å². The van der Waals surface area contributed by atoms with Crippen molar-refractivity contribution < 1.29 is 17.8 Å². The Balaban J connectivity index is 2.37. The number of fused-ring (bicyclic) bond motifs is 1. The molecule has 0 radical (unpaired) electrons. The first-order chi connectivity index (χ1) is 13.8. The Morgan fingerprint density at radius 2 is 1.57 bits per heavy atom. The van der Waals surface area contributed by atoms with E-state index in [1.54, 1.807) is 6.92 Å². The van der Waals surface area contributed by atoms with Crippen molar-refractivity contribution in [1.82, 2.24) is 9.97 Å². The first-order valence-electron chi connectivity index (χ1n) is 9.35. The van der Waals surface area contributed by atoms with Gasteiger partial charge in [-0.3, -0.25) is 4.79 Å². The minimum Gasteiger partial charge on any atom is -0.343 e. The van der Waals surface area contributed by atoms with Gasteiger partial charge >= 0.3 is 0 Å². The van der Waals surface area contributed by atoms with Crippen molar-refractivity contribution in [1.29, 1.82) is 0 Å².